The number of hydrogen-bond acceptors (Lipinski definition) is 7. The Morgan fingerprint density at radius 2 is 1.63 bits per heavy atom. The summed E-state index contributed by atoms with van der Waals surface area (Å²) in [6.45, 7) is 10.1. The summed E-state index contributed by atoms with van der Waals surface area (Å²) in [5.74, 6) is 3.87. The first kappa shape index (κ1) is 38.3. The third-order valence-electron chi connectivity index (χ3n) is 10.1. The molecule has 2 heterocycles. The van der Waals surface area contributed by atoms with Crippen LogP contribution in [0.2, 0.25) is 0 Å². The Labute approximate surface area is 307 Å². The van der Waals surface area contributed by atoms with E-state index in [1.165, 1.54) is 46.3 Å². The van der Waals surface area contributed by atoms with Gasteiger partial charge >= 0.3 is 0 Å². The fraction of sp³-hybridized carbons (Fsp3) is 0.500. The number of ether oxygens (including phenoxy) is 5. The van der Waals surface area contributed by atoms with Crippen LogP contribution in [0.15, 0.2) is 78.1 Å². The Bertz CT molecular complexity index is 1610. The minimum Gasteiger partial charge on any atom is -0.493 e. The van der Waals surface area contributed by atoms with Crippen molar-refractivity contribution in [3.05, 3.63) is 100 Å². The van der Waals surface area contributed by atoms with E-state index >= 15 is 0 Å². The number of allylic oxidation sites excluding steroid dienone is 4. The molecule has 0 bridgehead atoms. The molecule has 0 radical (unpaired) electrons. The summed E-state index contributed by atoms with van der Waals surface area (Å²) < 4.78 is 29.5. The zero-order chi connectivity index (χ0) is 36.2. The molecule has 276 valence electrons. The predicted molar refractivity (Wildman–Crippen MR) is 209 cm³/mol. The molecule has 0 amide bonds. The largest absolute Gasteiger partial charge is 0.493 e. The summed E-state index contributed by atoms with van der Waals surface area (Å²) in [5.41, 5.74) is 8.49. The van der Waals surface area contributed by atoms with Crippen LogP contribution in [0.5, 0.6) is 23.0 Å². The molecule has 7 nitrogen and oxygen atoms in total. The van der Waals surface area contributed by atoms with Crippen molar-refractivity contribution >= 4 is 5.57 Å². The van der Waals surface area contributed by atoms with Gasteiger partial charge in [-0.25, -0.2) is 0 Å². The van der Waals surface area contributed by atoms with E-state index in [-0.39, 0.29) is 12.1 Å². The van der Waals surface area contributed by atoms with Gasteiger partial charge in [0.2, 0.25) is 0 Å². The molecule has 1 N–H and O–H groups in total. The lowest BCUT2D eigenvalue weighted by molar-refractivity contribution is 0.0221. The molecular formula is C44H60N2O5. The summed E-state index contributed by atoms with van der Waals surface area (Å²) in [6, 6.07) is 8.86. The maximum atomic E-state index is 6.59. The van der Waals surface area contributed by atoms with E-state index in [0.717, 1.165) is 86.7 Å². The summed E-state index contributed by atoms with van der Waals surface area (Å²) in [4.78, 5) is 2.56. The van der Waals surface area contributed by atoms with Crippen LogP contribution < -0.4 is 24.3 Å². The number of aryl methyl sites for hydroxylation is 1. The lowest BCUT2D eigenvalue weighted by Crippen LogP contribution is -2.38. The van der Waals surface area contributed by atoms with Crippen molar-refractivity contribution in [2.45, 2.75) is 90.2 Å². The van der Waals surface area contributed by atoms with E-state index in [1.807, 2.05) is 0 Å². The minimum atomic E-state index is 0.105. The van der Waals surface area contributed by atoms with Crippen LogP contribution in [0, 0.1) is 0 Å². The van der Waals surface area contributed by atoms with E-state index in [9.17, 15) is 0 Å². The van der Waals surface area contributed by atoms with E-state index < -0.39 is 0 Å². The highest BCUT2D eigenvalue weighted by molar-refractivity contribution is 5.70. The highest BCUT2D eigenvalue weighted by atomic mass is 16.5. The van der Waals surface area contributed by atoms with Crippen LogP contribution in [-0.2, 0) is 11.2 Å². The Balaban J connectivity index is 1.20. The average Bonchev–Trinajstić information content (AvgIpc) is 4.01. The summed E-state index contributed by atoms with van der Waals surface area (Å²) in [5, 5.41) is 3.56. The number of hydrogen-bond donors (Lipinski definition) is 1. The number of piperidine rings is 1. The molecule has 1 saturated carbocycles. The van der Waals surface area contributed by atoms with Crippen molar-refractivity contribution in [3.63, 3.8) is 0 Å². The fourth-order valence-corrected chi connectivity index (χ4v) is 7.15. The summed E-state index contributed by atoms with van der Waals surface area (Å²) in [6.07, 6.45) is 24.5. The molecule has 0 spiro atoms. The van der Waals surface area contributed by atoms with Gasteiger partial charge in [0.25, 0.3) is 0 Å². The maximum Gasteiger partial charge on any atom is 0.164 e. The second-order valence-electron chi connectivity index (χ2n) is 14.0. The van der Waals surface area contributed by atoms with Crippen LogP contribution in [0.25, 0.3) is 5.57 Å². The lowest BCUT2D eigenvalue weighted by Gasteiger charge is -2.33. The maximum absolute atomic E-state index is 6.59. The molecule has 5 rings (SSSR count). The molecule has 7 heteroatoms. The number of rotatable bonds is 18. The van der Waals surface area contributed by atoms with Gasteiger partial charge in [-0.1, -0.05) is 57.1 Å². The van der Waals surface area contributed by atoms with Crippen LogP contribution in [-0.4, -0.2) is 65.7 Å². The highest BCUT2D eigenvalue weighted by Gasteiger charge is 2.30. The summed E-state index contributed by atoms with van der Waals surface area (Å²) in [7, 11) is 6.89. The van der Waals surface area contributed by atoms with Gasteiger partial charge in [-0.2, -0.15) is 0 Å². The van der Waals surface area contributed by atoms with Crippen molar-refractivity contribution in [1.82, 2.24) is 10.2 Å². The standard InChI is InChI=1S/C44H60N2O5/c1-8-10-11-12-14-33(23-31(3)36-25-35(13-9-2)43(49-6)41(27-36)47-4)30-51-38-18-21-46(22-19-38)29-32-17-20-45-40(24-32)37-26-39(34-15-16-34)44(50-7)42(28-37)48-5/h11-12,14,17,20,23-28,34,38,40,45H,8-10,13,15-16,18-19,21-22,29-30H2,1-7H3/b12-11-,31-23+,33-14+. The van der Waals surface area contributed by atoms with E-state index in [4.69, 9.17) is 23.7 Å². The molecule has 0 aromatic heterocycles. The van der Waals surface area contributed by atoms with E-state index in [2.05, 4.69) is 97.9 Å². The number of nitrogens with zero attached hydrogens (tertiary/aromatic N) is 1. The van der Waals surface area contributed by atoms with Crippen molar-refractivity contribution in [2.24, 2.45) is 0 Å². The molecule has 1 saturated heterocycles. The topological polar surface area (TPSA) is 61.4 Å². The summed E-state index contributed by atoms with van der Waals surface area (Å²) >= 11 is 0. The van der Waals surface area contributed by atoms with Crippen LogP contribution in [0.4, 0.5) is 0 Å². The zero-order valence-corrected chi connectivity index (χ0v) is 32.1. The molecule has 2 aromatic rings. The van der Waals surface area contributed by atoms with Gasteiger partial charge in [-0.15, -0.1) is 0 Å². The van der Waals surface area contributed by atoms with Crippen LogP contribution in [0.3, 0.4) is 0 Å². The van der Waals surface area contributed by atoms with Gasteiger partial charge in [0, 0.05) is 25.2 Å². The van der Waals surface area contributed by atoms with Crippen molar-refractivity contribution in [1.29, 1.82) is 0 Å². The van der Waals surface area contributed by atoms with Crippen molar-refractivity contribution in [3.8, 4) is 23.0 Å². The van der Waals surface area contributed by atoms with Crippen LogP contribution >= 0.6 is 0 Å². The second-order valence-corrected chi connectivity index (χ2v) is 14.0. The molecule has 51 heavy (non-hydrogen) atoms. The number of methoxy groups -OCH3 is 4. The van der Waals surface area contributed by atoms with E-state index in [0.29, 0.717) is 12.5 Å². The smallest absolute Gasteiger partial charge is 0.164 e. The zero-order valence-electron chi connectivity index (χ0n) is 32.1. The third kappa shape index (κ3) is 10.3. The highest BCUT2D eigenvalue weighted by Crippen LogP contribution is 2.48. The number of benzene rings is 2. The Morgan fingerprint density at radius 3 is 2.29 bits per heavy atom. The van der Waals surface area contributed by atoms with Crippen molar-refractivity contribution in [2.75, 3.05) is 54.7 Å². The van der Waals surface area contributed by atoms with Gasteiger partial charge in [0.15, 0.2) is 23.0 Å². The lowest BCUT2D eigenvalue weighted by atomic mass is 9.96. The molecule has 1 aliphatic carbocycles. The first-order chi connectivity index (χ1) is 24.9. The van der Waals surface area contributed by atoms with Gasteiger partial charge < -0.3 is 29.0 Å². The molecule has 1 atom stereocenters. The predicted octanol–water partition coefficient (Wildman–Crippen LogP) is 9.50. The van der Waals surface area contributed by atoms with Gasteiger partial charge in [-0.3, -0.25) is 4.90 Å². The normalized spacial score (nSPS) is 18.9. The van der Waals surface area contributed by atoms with Gasteiger partial charge in [0.05, 0.1) is 47.2 Å². The molecule has 2 aliphatic heterocycles. The average molecular weight is 697 g/mol. The molecule has 2 fully saturated rings. The molecular weight excluding hydrogens is 636 g/mol. The molecule has 2 aromatic carbocycles. The first-order valence-corrected chi connectivity index (χ1v) is 18.9. The number of nitrogens with one attached hydrogen (secondary N) is 1. The number of dihydropyridines is 1. The van der Waals surface area contributed by atoms with Gasteiger partial charge in [0.1, 0.15) is 0 Å². The first-order valence-electron chi connectivity index (χ1n) is 18.9. The second kappa shape index (κ2) is 19.1. The monoisotopic (exact) mass is 696 g/mol. The third-order valence-corrected chi connectivity index (χ3v) is 10.1. The fourth-order valence-electron chi connectivity index (χ4n) is 7.15. The number of likely N-dealkylation sites (tertiary alicyclic amines) is 1. The quantitative estimate of drug-likeness (QED) is 0.156. The Hall–Kier alpha value is -3.94. The SMILES string of the molecule is CCC\C=C/C=C(\C=C(/C)c1cc(CCC)c(OC)c(OC)c1)COC1CCN(CC2=CC(c3cc(OC)c(OC)c(C4CC4)c3)NC=C2)CC1. The molecule has 3 aliphatic rings. The Kier molecular flexibility index (Phi) is 14.3. The van der Waals surface area contributed by atoms with Gasteiger partial charge in [-0.05, 0) is 121 Å². The molecule has 1 unspecified atom stereocenters. The van der Waals surface area contributed by atoms with E-state index in [1.54, 1.807) is 28.4 Å². The number of unbranched alkanes of at least 4 members (excludes halogenated alkanes) is 1. The Morgan fingerprint density at radius 1 is 0.882 bits per heavy atom. The van der Waals surface area contributed by atoms with Crippen molar-refractivity contribution < 1.29 is 23.7 Å². The van der Waals surface area contributed by atoms with Crippen LogP contribution in [0.1, 0.15) is 99.9 Å². The minimum absolute atomic E-state index is 0.105.